The predicted molar refractivity (Wildman–Crippen MR) is 59.3 cm³/mol. The summed E-state index contributed by atoms with van der Waals surface area (Å²) in [7, 11) is -3.42. The Morgan fingerprint density at radius 3 is 3.00 bits per heavy atom. The second-order valence-corrected chi connectivity index (χ2v) is 5.34. The Morgan fingerprint density at radius 2 is 2.38 bits per heavy atom. The third kappa shape index (κ3) is 2.69. The number of aromatic amines is 1. The fourth-order valence-corrected chi connectivity index (χ4v) is 2.43. The SMILES string of the molecule is O=S(=O)(NCC1=CCNCC1)c1cn[nH]c1. The van der Waals surface area contributed by atoms with Gasteiger partial charge in [0.15, 0.2) is 0 Å². The van der Waals surface area contributed by atoms with Crippen molar-refractivity contribution in [2.75, 3.05) is 19.6 Å². The molecule has 0 saturated heterocycles. The van der Waals surface area contributed by atoms with E-state index in [1.54, 1.807) is 0 Å². The summed E-state index contributed by atoms with van der Waals surface area (Å²) in [4.78, 5) is 0.169. The number of hydrogen-bond donors (Lipinski definition) is 3. The lowest BCUT2D eigenvalue weighted by molar-refractivity contribution is 0.582. The van der Waals surface area contributed by atoms with Crippen LogP contribution < -0.4 is 10.0 Å². The van der Waals surface area contributed by atoms with E-state index in [1.807, 2.05) is 6.08 Å². The van der Waals surface area contributed by atoms with E-state index >= 15 is 0 Å². The highest BCUT2D eigenvalue weighted by molar-refractivity contribution is 7.89. The number of aromatic nitrogens is 2. The summed E-state index contributed by atoms with van der Waals surface area (Å²) < 4.78 is 26.0. The lowest BCUT2D eigenvalue weighted by Gasteiger charge is -2.14. The molecule has 0 aromatic carbocycles. The van der Waals surface area contributed by atoms with Gasteiger partial charge in [0.05, 0.1) is 6.20 Å². The van der Waals surface area contributed by atoms with Crippen LogP contribution in [0.15, 0.2) is 28.9 Å². The minimum Gasteiger partial charge on any atom is -0.313 e. The van der Waals surface area contributed by atoms with Crippen LogP contribution in [0.25, 0.3) is 0 Å². The molecule has 0 spiro atoms. The summed E-state index contributed by atoms with van der Waals surface area (Å²) in [6, 6.07) is 0. The number of H-pyrrole nitrogens is 1. The van der Waals surface area contributed by atoms with E-state index in [9.17, 15) is 8.42 Å². The van der Waals surface area contributed by atoms with E-state index in [2.05, 4.69) is 20.2 Å². The number of hydrogen-bond acceptors (Lipinski definition) is 4. The molecule has 2 heterocycles. The largest absolute Gasteiger partial charge is 0.313 e. The fourth-order valence-electron chi connectivity index (χ4n) is 1.49. The summed E-state index contributed by atoms with van der Waals surface area (Å²) in [6.45, 7) is 2.08. The van der Waals surface area contributed by atoms with E-state index < -0.39 is 10.0 Å². The van der Waals surface area contributed by atoms with Crippen LogP contribution in [-0.4, -0.2) is 38.2 Å². The molecule has 1 aliphatic heterocycles. The lowest BCUT2D eigenvalue weighted by atomic mass is 10.1. The van der Waals surface area contributed by atoms with E-state index in [-0.39, 0.29) is 4.90 Å². The Kier molecular flexibility index (Phi) is 3.37. The minimum absolute atomic E-state index is 0.169. The van der Waals surface area contributed by atoms with Crippen LogP contribution in [0.3, 0.4) is 0 Å². The Balaban J connectivity index is 1.97. The van der Waals surface area contributed by atoms with E-state index in [4.69, 9.17) is 0 Å². The van der Waals surface area contributed by atoms with Gasteiger partial charge in [-0.15, -0.1) is 0 Å². The predicted octanol–water partition coefficient (Wildman–Crippen LogP) is -0.392. The molecule has 0 radical (unpaired) electrons. The monoisotopic (exact) mass is 242 g/mol. The summed E-state index contributed by atoms with van der Waals surface area (Å²) >= 11 is 0. The number of nitrogens with zero attached hydrogens (tertiary/aromatic N) is 1. The molecule has 0 atom stereocenters. The van der Waals surface area contributed by atoms with Gasteiger partial charge in [-0.3, -0.25) is 5.10 Å². The van der Waals surface area contributed by atoms with Crippen LogP contribution in [0.2, 0.25) is 0 Å². The third-order valence-electron chi connectivity index (χ3n) is 2.43. The van der Waals surface area contributed by atoms with Gasteiger partial charge < -0.3 is 5.32 Å². The smallest absolute Gasteiger partial charge is 0.243 e. The fraction of sp³-hybridized carbons (Fsp3) is 0.444. The molecule has 2 rings (SSSR count). The Hall–Kier alpha value is -1.18. The molecule has 1 aromatic heterocycles. The van der Waals surface area contributed by atoms with Crippen LogP contribution in [0.4, 0.5) is 0 Å². The molecule has 7 heteroatoms. The molecule has 16 heavy (non-hydrogen) atoms. The molecular formula is C9H14N4O2S. The van der Waals surface area contributed by atoms with Gasteiger partial charge in [-0.1, -0.05) is 11.6 Å². The van der Waals surface area contributed by atoms with Gasteiger partial charge >= 0.3 is 0 Å². The second-order valence-electron chi connectivity index (χ2n) is 3.58. The molecule has 1 aromatic rings. The highest BCUT2D eigenvalue weighted by atomic mass is 32.2. The van der Waals surface area contributed by atoms with Crippen molar-refractivity contribution in [1.82, 2.24) is 20.2 Å². The molecule has 88 valence electrons. The molecular weight excluding hydrogens is 228 g/mol. The average molecular weight is 242 g/mol. The minimum atomic E-state index is -3.42. The topological polar surface area (TPSA) is 86.9 Å². The molecule has 3 N–H and O–H groups in total. The van der Waals surface area contributed by atoms with Gasteiger partial charge in [-0.2, -0.15) is 5.10 Å². The second kappa shape index (κ2) is 4.77. The average Bonchev–Trinajstić information content (AvgIpc) is 2.82. The maximum absolute atomic E-state index is 11.7. The van der Waals surface area contributed by atoms with Gasteiger partial charge in [-0.25, -0.2) is 13.1 Å². The molecule has 0 aliphatic carbocycles. The molecule has 0 unspecified atom stereocenters. The van der Waals surface area contributed by atoms with E-state index in [0.717, 1.165) is 25.1 Å². The van der Waals surface area contributed by atoms with Crippen molar-refractivity contribution in [3.8, 4) is 0 Å². The lowest BCUT2D eigenvalue weighted by Crippen LogP contribution is -2.29. The van der Waals surface area contributed by atoms with Crippen LogP contribution in [0, 0.1) is 0 Å². The Bertz CT molecular complexity index is 464. The van der Waals surface area contributed by atoms with E-state index in [1.165, 1.54) is 12.4 Å². The zero-order chi connectivity index (χ0) is 11.4. The van der Waals surface area contributed by atoms with Crippen LogP contribution in [0.5, 0.6) is 0 Å². The first-order chi connectivity index (χ1) is 7.68. The summed E-state index contributed by atoms with van der Waals surface area (Å²) in [5.41, 5.74) is 1.12. The Labute approximate surface area is 94.2 Å². The highest BCUT2D eigenvalue weighted by Crippen LogP contribution is 2.07. The van der Waals surface area contributed by atoms with Crippen molar-refractivity contribution >= 4 is 10.0 Å². The highest BCUT2D eigenvalue weighted by Gasteiger charge is 2.15. The van der Waals surface area contributed by atoms with Gasteiger partial charge in [-0.05, 0) is 13.0 Å². The summed E-state index contributed by atoms with van der Waals surface area (Å²) in [6.07, 6.45) is 5.55. The molecule has 0 bridgehead atoms. The number of nitrogens with one attached hydrogen (secondary N) is 3. The van der Waals surface area contributed by atoms with Gasteiger partial charge in [0, 0.05) is 19.3 Å². The van der Waals surface area contributed by atoms with Crippen molar-refractivity contribution in [3.63, 3.8) is 0 Å². The maximum Gasteiger partial charge on any atom is 0.243 e. The first-order valence-corrected chi connectivity index (χ1v) is 6.54. The van der Waals surface area contributed by atoms with Crippen molar-refractivity contribution in [2.24, 2.45) is 0 Å². The van der Waals surface area contributed by atoms with Crippen molar-refractivity contribution in [1.29, 1.82) is 0 Å². The molecule has 0 saturated carbocycles. The van der Waals surface area contributed by atoms with E-state index in [0.29, 0.717) is 6.54 Å². The molecule has 0 fully saturated rings. The van der Waals surface area contributed by atoms with Gasteiger partial charge in [0.1, 0.15) is 4.90 Å². The molecule has 0 amide bonds. The Morgan fingerprint density at radius 1 is 1.50 bits per heavy atom. The molecule has 6 nitrogen and oxygen atoms in total. The standard InChI is InChI=1S/C9H14N4O2S/c14-16(15,9-6-11-12-7-9)13-5-8-1-3-10-4-2-8/h1,6-7,10,13H,2-5H2,(H,11,12). The third-order valence-corrected chi connectivity index (χ3v) is 3.80. The number of rotatable bonds is 4. The zero-order valence-electron chi connectivity index (χ0n) is 8.73. The van der Waals surface area contributed by atoms with Crippen LogP contribution in [-0.2, 0) is 10.0 Å². The summed E-state index contributed by atoms with van der Waals surface area (Å²) in [5, 5.41) is 9.27. The quantitative estimate of drug-likeness (QED) is 0.627. The number of sulfonamides is 1. The van der Waals surface area contributed by atoms with Gasteiger partial charge in [0.25, 0.3) is 0 Å². The maximum atomic E-state index is 11.7. The first kappa shape index (κ1) is 11.3. The normalized spacial score (nSPS) is 17.1. The zero-order valence-corrected chi connectivity index (χ0v) is 9.55. The molecule has 1 aliphatic rings. The van der Waals surface area contributed by atoms with Gasteiger partial charge in [0.2, 0.25) is 10.0 Å². The van der Waals surface area contributed by atoms with Crippen molar-refractivity contribution in [3.05, 3.63) is 24.0 Å². The van der Waals surface area contributed by atoms with Crippen LogP contribution in [0.1, 0.15) is 6.42 Å². The van der Waals surface area contributed by atoms with Crippen LogP contribution >= 0.6 is 0 Å². The first-order valence-electron chi connectivity index (χ1n) is 5.05. The summed E-state index contributed by atoms with van der Waals surface area (Å²) in [5.74, 6) is 0. The van der Waals surface area contributed by atoms with Crippen molar-refractivity contribution in [2.45, 2.75) is 11.3 Å². The van der Waals surface area contributed by atoms with Crippen molar-refractivity contribution < 1.29 is 8.42 Å².